The van der Waals surface area contributed by atoms with Crippen LogP contribution in [0.2, 0.25) is 5.02 Å². The Morgan fingerprint density at radius 1 is 1.11 bits per heavy atom. The summed E-state index contributed by atoms with van der Waals surface area (Å²) in [5.74, 6) is 1.54. The molecule has 144 valence electrons. The average molecular weight is 409 g/mol. The van der Waals surface area contributed by atoms with E-state index in [1.807, 2.05) is 13.8 Å². The van der Waals surface area contributed by atoms with E-state index in [1.165, 1.54) is 6.26 Å². The van der Waals surface area contributed by atoms with Gasteiger partial charge >= 0.3 is 0 Å². The van der Waals surface area contributed by atoms with Crippen molar-refractivity contribution in [3.63, 3.8) is 0 Å². The Balaban J connectivity index is 1.90. The number of halogens is 1. The molecule has 2 aromatic rings. The normalized spacial score (nSPS) is 18.6. The third kappa shape index (κ3) is 4.06. The van der Waals surface area contributed by atoms with E-state index in [2.05, 4.69) is 0 Å². The molecule has 1 aliphatic heterocycles. The first-order chi connectivity index (χ1) is 12.6. The monoisotopic (exact) mass is 408 g/mol. The lowest BCUT2D eigenvalue weighted by atomic mass is 9.84. The predicted molar refractivity (Wildman–Crippen MR) is 104 cm³/mol. The van der Waals surface area contributed by atoms with Crippen LogP contribution in [-0.2, 0) is 14.6 Å². The van der Waals surface area contributed by atoms with Crippen LogP contribution in [0.25, 0.3) is 0 Å². The number of methoxy groups -OCH3 is 1. The van der Waals surface area contributed by atoms with E-state index in [0.717, 1.165) is 5.56 Å². The van der Waals surface area contributed by atoms with Gasteiger partial charge in [-0.1, -0.05) is 23.7 Å². The summed E-state index contributed by atoms with van der Waals surface area (Å²) in [6, 6.07) is 11.9. The van der Waals surface area contributed by atoms with Crippen LogP contribution in [0.3, 0.4) is 0 Å². The minimum atomic E-state index is -3.25. The number of hydrogen-bond donors (Lipinski definition) is 0. The van der Waals surface area contributed by atoms with Gasteiger partial charge in [-0.15, -0.1) is 0 Å². The van der Waals surface area contributed by atoms with Gasteiger partial charge in [-0.2, -0.15) is 0 Å². The summed E-state index contributed by atoms with van der Waals surface area (Å²) in [6.07, 6.45) is 2.78. The molecule has 5 nitrogen and oxygen atoms in total. The molecule has 0 spiro atoms. The van der Waals surface area contributed by atoms with E-state index in [9.17, 15) is 8.42 Å². The highest BCUT2D eigenvalue weighted by Gasteiger charge is 2.41. The van der Waals surface area contributed by atoms with Gasteiger partial charge in [0.25, 0.3) is 0 Å². The fourth-order valence-electron chi connectivity index (χ4n) is 3.09. The summed E-state index contributed by atoms with van der Waals surface area (Å²) < 4.78 is 40.4. The first-order valence-electron chi connectivity index (χ1n) is 8.31. The molecule has 0 aliphatic carbocycles. The van der Waals surface area contributed by atoms with Crippen molar-refractivity contribution in [2.24, 2.45) is 0 Å². The maximum Gasteiger partial charge on any atom is 0.175 e. The Morgan fingerprint density at radius 2 is 1.78 bits per heavy atom. The summed E-state index contributed by atoms with van der Waals surface area (Å²) in [5, 5.41) is 0.447. The topological polar surface area (TPSA) is 61.8 Å². The molecular formula is C20H21ClO5S. The van der Waals surface area contributed by atoms with Crippen molar-refractivity contribution in [1.29, 1.82) is 0 Å². The summed E-state index contributed by atoms with van der Waals surface area (Å²) in [4.78, 5) is 0.274. The fraction of sp³-hybridized carbons (Fsp3) is 0.300. The lowest BCUT2D eigenvalue weighted by Gasteiger charge is -2.28. The number of rotatable bonds is 5. The second kappa shape index (κ2) is 7.09. The van der Waals surface area contributed by atoms with Crippen molar-refractivity contribution >= 4 is 21.4 Å². The van der Waals surface area contributed by atoms with Gasteiger partial charge < -0.3 is 14.2 Å². The van der Waals surface area contributed by atoms with Gasteiger partial charge in [0, 0.05) is 12.3 Å². The van der Waals surface area contributed by atoms with Gasteiger partial charge in [0.15, 0.2) is 9.84 Å². The number of hydrogen-bond acceptors (Lipinski definition) is 5. The molecule has 0 bridgehead atoms. The quantitative estimate of drug-likeness (QED) is 0.725. The Bertz CT molecular complexity index is 978. The smallest absolute Gasteiger partial charge is 0.175 e. The minimum Gasteiger partial charge on any atom is -0.495 e. The van der Waals surface area contributed by atoms with Gasteiger partial charge in [-0.05, 0) is 43.7 Å². The zero-order valence-corrected chi connectivity index (χ0v) is 17.1. The van der Waals surface area contributed by atoms with Gasteiger partial charge in [0.2, 0.25) is 0 Å². The van der Waals surface area contributed by atoms with Crippen LogP contribution in [0.15, 0.2) is 59.4 Å². The predicted octanol–water partition coefficient (Wildman–Crippen LogP) is 4.56. The van der Waals surface area contributed by atoms with Crippen molar-refractivity contribution in [3.05, 3.63) is 65.1 Å². The highest BCUT2D eigenvalue weighted by atomic mass is 35.5. The van der Waals surface area contributed by atoms with Crippen molar-refractivity contribution in [2.45, 2.75) is 30.3 Å². The van der Waals surface area contributed by atoms with E-state index in [-0.39, 0.29) is 10.8 Å². The highest BCUT2D eigenvalue weighted by Crippen LogP contribution is 2.44. The van der Waals surface area contributed by atoms with E-state index >= 15 is 0 Å². The first kappa shape index (κ1) is 19.6. The molecule has 0 saturated heterocycles. The van der Waals surface area contributed by atoms with Gasteiger partial charge in [0.05, 0.1) is 22.9 Å². The largest absolute Gasteiger partial charge is 0.495 e. The molecule has 0 N–H and O–H groups in total. The van der Waals surface area contributed by atoms with Crippen molar-refractivity contribution in [3.8, 4) is 11.5 Å². The molecule has 27 heavy (non-hydrogen) atoms. The van der Waals surface area contributed by atoms with Crippen LogP contribution >= 0.6 is 11.6 Å². The number of sulfone groups is 1. The number of benzene rings is 2. The van der Waals surface area contributed by atoms with Crippen LogP contribution in [0.5, 0.6) is 11.5 Å². The van der Waals surface area contributed by atoms with Crippen LogP contribution in [0.1, 0.15) is 25.3 Å². The maximum atomic E-state index is 11.7. The molecule has 0 aromatic heterocycles. The summed E-state index contributed by atoms with van der Waals surface area (Å²) in [7, 11) is -1.70. The van der Waals surface area contributed by atoms with E-state index in [4.69, 9.17) is 25.8 Å². The molecular weight excluding hydrogens is 388 g/mol. The van der Waals surface area contributed by atoms with Crippen LogP contribution < -0.4 is 9.47 Å². The van der Waals surface area contributed by atoms with E-state index in [0.29, 0.717) is 22.3 Å². The van der Waals surface area contributed by atoms with Gasteiger partial charge in [-0.25, -0.2) is 8.42 Å². The average Bonchev–Trinajstić information content (AvgIpc) is 2.89. The summed E-state index contributed by atoms with van der Waals surface area (Å²) in [5.41, 5.74) is 0.355. The second-order valence-electron chi connectivity index (χ2n) is 6.91. The van der Waals surface area contributed by atoms with Crippen molar-refractivity contribution in [1.82, 2.24) is 0 Å². The van der Waals surface area contributed by atoms with Crippen LogP contribution in [0.4, 0.5) is 0 Å². The molecule has 3 rings (SSSR count). The molecule has 0 amide bonds. The zero-order chi connectivity index (χ0) is 19.8. The summed E-state index contributed by atoms with van der Waals surface area (Å²) in [6.45, 7) is 3.91. The maximum absolute atomic E-state index is 11.7. The molecule has 1 atom stereocenters. The molecule has 1 aliphatic rings. The van der Waals surface area contributed by atoms with Crippen molar-refractivity contribution < 1.29 is 22.6 Å². The molecule has 0 saturated carbocycles. The summed E-state index contributed by atoms with van der Waals surface area (Å²) >= 11 is 6.17. The third-order valence-electron chi connectivity index (χ3n) is 4.46. The highest BCUT2D eigenvalue weighted by molar-refractivity contribution is 7.90. The van der Waals surface area contributed by atoms with Crippen LogP contribution in [-0.4, -0.2) is 27.4 Å². The second-order valence-corrected chi connectivity index (χ2v) is 9.34. The molecule has 7 heteroatoms. The number of ether oxygens (including phenoxy) is 3. The SMILES string of the molecule is COc1ccc(OC2=COC(C)(C)C2c2ccc(S(C)(=O)=O)cc2)cc1Cl. The fourth-order valence-corrected chi connectivity index (χ4v) is 3.97. The van der Waals surface area contributed by atoms with Gasteiger partial charge in [-0.3, -0.25) is 0 Å². The minimum absolute atomic E-state index is 0.202. The third-order valence-corrected chi connectivity index (χ3v) is 5.88. The first-order valence-corrected chi connectivity index (χ1v) is 10.6. The molecule has 1 heterocycles. The Morgan fingerprint density at radius 3 is 2.33 bits per heavy atom. The van der Waals surface area contributed by atoms with Gasteiger partial charge in [0.1, 0.15) is 29.1 Å². The van der Waals surface area contributed by atoms with Crippen LogP contribution in [0, 0.1) is 0 Å². The standard InChI is InChI=1S/C20H21ClO5S/c1-20(2)19(13-5-8-15(9-6-13)27(4,22)23)18(12-25-20)26-14-7-10-17(24-3)16(21)11-14/h5-12,19H,1-4H3. The molecule has 0 radical (unpaired) electrons. The van der Waals surface area contributed by atoms with E-state index in [1.54, 1.807) is 55.8 Å². The lowest BCUT2D eigenvalue weighted by molar-refractivity contribution is 0.0657. The van der Waals surface area contributed by atoms with E-state index < -0.39 is 15.4 Å². The Labute approximate surface area is 164 Å². The molecule has 1 unspecified atom stereocenters. The Hall–Kier alpha value is -2.18. The molecule has 2 aromatic carbocycles. The van der Waals surface area contributed by atoms with Crippen molar-refractivity contribution in [2.75, 3.05) is 13.4 Å². The zero-order valence-electron chi connectivity index (χ0n) is 15.5. The Kier molecular flexibility index (Phi) is 5.14. The lowest BCUT2D eigenvalue weighted by Crippen LogP contribution is -2.28. The molecule has 0 fully saturated rings.